The first kappa shape index (κ1) is 20.2. The van der Waals surface area contributed by atoms with Crippen LogP contribution in [0.4, 0.5) is 4.79 Å². The molecule has 2 bridgehead atoms. The van der Waals surface area contributed by atoms with E-state index in [-0.39, 0.29) is 35.7 Å². The zero-order chi connectivity index (χ0) is 21.6. The average Bonchev–Trinajstić information content (AvgIpc) is 2.79. The Labute approximate surface area is 181 Å². The van der Waals surface area contributed by atoms with Gasteiger partial charge in [-0.05, 0) is 44.2 Å². The molecule has 1 spiro atoms. The molecule has 1 aromatic carbocycles. The van der Waals surface area contributed by atoms with Gasteiger partial charge in [-0.2, -0.15) is 0 Å². The Balaban J connectivity index is 1.25. The number of piperazine rings is 1. The first-order valence-electron chi connectivity index (χ1n) is 11.3. The molecular weight excluding hydrogens is 398 g/mol. The van der Waals surface area contributed by atoms with Gasteiger partial charge in [0.05, 0.1) is 12.2 Å². The molecule has 4 unspecified atom stereocenters. The van der Waals surface area contributed by atoms with Gasteiger partial charge in [-0.15, -0.1) is 0 Å². The summed E-state index contributed by atoms with van der Waals surface area (Å²) in [7, 11) is 0. The summed E-state index contributed by atoms with van der Waals surface area (Å²) in [5, 5.41) is 3.14. The average molecular weight is 428 g/mol. The Hall–Kier alpha value is -2.77. The molecule has 4 atom stereocenters. The van der Waals surface area contributed by atoms with Crippen molar-refractivity contribution in [3.8, 4) is 5.75 Å². The summed E-state index contributed by atoms with van der Waals surface area (Å²) >= 11 is 0. The third-order valence-corrected chi connectivity index (χ3v) is 7.40. The molecule has 0 aromatic heterocycles. The van der Waals surface area contributed by atoms with Gasteiger partial charge in [0, 0.05) is 44.4 Å². The summed E-state index contributed by atoms with van der Waals surface area (Å²) in [6.45, 7) is 4.23. The summed E-state index contributed by atoms with van der Waals surface area (Å²) in [5.41, 5.74) is -0.130. The smallest absolute Gasteiger partial charge is 0.409 e. The Bertz CT molecular complexity index is 897. The van der Waals surface area contributed by atoms with Crippen LogP contribution in [0.1, 0.15) is 43.0 Å². The van der Waals surface area contributed by atoms with Crippen molar-refractivity contribution < 1.29 is 23.9 Å². The highest BCUT2D eigenvalue weighted by atomic mass is 16.6. The maximum absolute atomic E-state index is 13.3. The summed E-state index contributed by atoms with van der Waals surface area (Å²) < 4.78 is 11.5. The number of benzene rings is 1. The lowest BCUT2D eigenvalue weighted by Gasteiger charge is -2.55. The highest BCUT2D eigenvalue weighted by molar-refractivity contribution is 5.98. The number of amides is 3. The molecule has 5 aliphatic rings. The number of hydrogen-bond acceptors (Lipinski definition) is 5. The van der Waals surface area contributed by atoms with E-state index in [9.17, 15) is 14.4 Å². The molecule has 6 rings (SSSR count). The van der Waals surface area contributed by atoms with E-state index in [0.29, 0.717) is 50.5 Å². The van der Waals surface area contributed by atoms with Gasteiger partial charge in [0.15, 0.2) is 5.72 Å². The van der Waals surface area contributed by atoms with E-state index < -0.39 is 5.72 Å². The van der Waals surface area contributed by atoms with E-state index in [2.05, 4.69) is 5.32 Å². The number of hydrogen-bond donors (Lipinski definition) is 1. The number of nitrogens with zero attached hydrogens (tertiary/aromatic N) is 2. The largest absolute Gasteiger partial charge is 0.467 e. The molecule has 8 nitrogen and oxygen atoms in total. The molecule has 0 radical (unpaired) electrons. The first-order valence-corrected chi connectivity index (χ1v) is 11.3. The van der Waals surface area contributed by atoms with Gasteiger partial charge in [-0.3, -0.25) is 9.59 Å². The number of rotatable bonds is 2. The molecule has 166 valence electrons. The van der Waals surface area contributed by atoms with Crippen LogP contribution in [-0.2, 0) is 9.53 Å². The highest BCUT2D eigenvalue weighted by Crippen LogP contribution is 2.52. The van der Waals surface area contributed by atoms with Crippen molar-refractivity contribution >= 4 is 17.9 Å². The highest BCUT2D eigenvalue weighted by Gasteiger charge is 2.57. The number of para-hydroxylation sites is 1. The quantitative estimate of drug-likeness (QED) is 0.782. The second kappa shape index (κ2) is 7.73. The van der Waals surface area contributed by atoms with Crippen LogP contribution in [0.2, 0.25) is 0 Å². The molecule has 2 heterocycles. The van der Waals surface area contributed by atoms with E-state index in [1.807, 2.05) is 23.1 Å². The minimum atomic E-state index is -0.701. The van der Waals surface area contributed by atoms with Gasteiger partial charge in [0.2, 0.25) is 5.91 Å². The molecule has 4 fully saturated rings. The zero-order valence-corrected chi connectivity index (χ0v) is 17.8. The van der Waals surface area contributed by atoms with Crippen LogP contribution >= 0.6 is 0 Å². The van der Waals surface area contributed by atoms with E-state index in [0.717, 1.165) is 19.3 Å². The van der Waals surface area contributed by atoms with Crippen molar-refractivity contribution in [3.63, 3.8) is 0 Å². The number of ether oxygens (including phenoxy) is 2. The van der Waals surface area contributed by atoms with Gasteiger partial charge in [0.1, 0.15) is 5.75 Å². The topological polar surface area (TPSA) is 88.2 Å². The Morgan fingerprint density at radius 3 is 2.61 bits per heavy atom. The lowest BCUT2D eigenvalue weighted by atomic mass is 9.59. The first-order chi connectivity index (χ1) is 15.0. The molecule has 3 saturated carbocycles. The van der Waals surface area contributed by atoms with E-state index in [1.165, 1.54) is 0 Å². The molecule has 1 aromatic rings. The van der Waals surface area contributed by atoms with E-state index in [1.54, 1.807) is 17.9 Å². The standard InChI is InChI=1S/C23H29N3O5/c1-2-30-22(29)26-11-9-25(10-12-26)21(28)18-13-16-8-7-15(18)14-23(16)24-20(27)17-5-3-4-6-19(17)31-23/h3-6,15-16,18H,2,7-14H2,1H3,(H,24,27). The molecule has 31 heavy (non-hydrogen) atoms. The van der Waals surface area contributed by atoms with Crippen LogP contribution in [-0.4, -0.2) is 66.2 Å². The van der Waals surface area contributed by atoms with Gasteiger partial charge in [-0.25, -0.2) is 4.79 Å². The lowest BCUT2D eigenvalue weighted by Crippen LogP contribution is -2.67. The third kappa shape index (κ3) is 3.42. The van der Waals surface area contributed by atoms with Crippen LogP contribution in [0.25, 0.3) is 0 Å². The summed E-state index contributed by atoms with van der Waals surface area (Å²) in [5.74, 6) is 0.978. The zero-order valence-electron chi connectivity index (χ0n) is 17.8. The SMILES string of the molecule is CCOC(=O)N1CCN(C(=O)C2CC3CCC2CC32NC(=O)c3ccccc3O2)CC1. The lowest BCUT2D eigenvalue weighted by molar-refractivity contribution is -0.156. The second-order valence-corrected chi connectivity index (χ2v) is 9.03. The minimum absolute atomic E-state index is 0.0452. The van der Waals surface area contributed by atoms with Gasteiger partial charge in [-0.1, -0.05) is 12.1 Å². The predicted molar refractivity (Wildman–Crippen MR) is 111 cm³/mol. The second-order valence-electron chi connectivity index (χ2n) is 9.03. The summed E-state index contributed by atoms with van der Waals surface area (Å²) in [4.78, 5) is 41.5. The van der Waals surface area contributed by atoms with Crippen molar-refractivity contribution in [1.82, 2.24) is 15.1 Å². The predicted octanol–water partition coefficient (Wildman–Crippen LogP) is 2.24. The molecule has 2 aliphatic heterocycles. The third-order valence-electron chi connectivity index (χ3n) is 7.40. The molecular formula is C23H29N3O5. The number of carbonyl (C=O) groups excluding carboxylic acids is 3. The maximum Gasteiger partial charge on any atom is 0.409 e. The molecule has 8 heteroatoms. The van der Waals surface area contributed by atoms with Crippen molar-refractivity contribution in [1.29, 1.82) is 0 Å². The van der Waals surface area contributed by atoms with Gasteiger partial charge >= 0.3 is 6.09 Å². The van der Waals surface area contributed by atoms with Crippen molar-refractivity contribution in [3.05, 3.63) is 29.8 Å². The molecule has 3 aliphatic carbocycles. The van der Waals surface area contributed by atoms with E-state index >= 15 is 0 Å². The van der Waals surface area contributed by atoms with Crippen LogP contribution in [0.15, 0.2) is 24.3 Å². The van der Waals surface area contributed by atoms with Crippen LogP contribution < -0.4 is 10.1 Å². The fourth-order valence-electron chi connectivity index (χ4n) is 5.82. The van der Waals surface area contributed by atoms with Gasteiger partial charge < -0.3 is 24.6 Å². The molecule has 3 amide bonds. The van der Waals surface area contributed by atoms with Crippen LogP contribution in [0.3, 0.4) is 0 Å². The fourth-order valence-corrected chi connectivity index (χ4v) is 5.82. The monoisotopic (exact) mass is 427 g/mol. The summed E-state index contributed by atoms with van der Waals surface area (Å²) in [6.07, 6.45) is 3.01. The molecule has 1 saturated heterocycles. The minimum Gasteiger partial charge on any atom is -0.467 e. The van der Waals surface area contributed by atoms with Crippen LogP contribution in [0, 0.1) is 17.8 Å². The van der Waals surface area contributed by atoms with Gasteiger partial charge in [0.25, 0.3) is 5.91 Å². The number of fused-ring (bicyclic) bond motifs is 3. The number of nitrogens with one attached hydrogen (secondary N) is 1. The van der Waals surface area contributed by atoms with Crippen molar-refractivity contribution in [2.24, 2.45) is 17.8 Å². The van der Waals surface area contributed by atoms with Crippen molar-refractivity contribution in [2.45, 2.75) is 38.3 Å². The Morgan fingerprint density at radius 1 is 1.16 bits per heavy atom. The van der Waals surface area contributed by atoms with Crippen LogP contribution in [0.5, 0.6) is 5.75 Å². The normalized spacial score (nSPS) is 31.6. The maximum atomic E-state index is 13.3. The van der Waals surface area contributed by atoms with E-state index in [4.69, 9.17) is 9.47 Å². The Morgan fingerprint density at radius 2 is 1.90 bits per heavy atom. The summed E-state index contributed by atoms with van der Waals surface area (Å²) in [6, 6.07) is 7.35. The fraction of sp³-hybridized carbons (Fsp3) is 0.609. The van der Waals surface area contributed by atoms with Crippen molar-refractivity contribution in [2.75, 3.05) is 32.8 Å². The Kier molecular flexibility index (Phi) is 5.02. The molecule has 1 N–H and O–H groups in total. The number of carbonyl (C=O) groups is 3.